The molecule has 0 aromatic heterocycles. The molecule has 11 heavy (non-hydrogen) atoms. The minimum atomic E-state index is -0.990. The Morgan fingerprint density at radius 2 is 2.55 bits per heavy atom. The van der Waals surface area contributed by atoms with Crippen molar-refractivity contribution >= 4 is 17.9 Å². The van der Waals surface area contributed by atoms with E-state index < -0.39 is 6.09 Å². The summed E-state index contributed by atoms with van der Waals surface area (Å²) in [4.78, 5) is 10.2. The molecule has 0 aliphatic heterocycles. The molecule has 0 aliphatic carbocycles. The molecule has 2 N–H and O–H groups in total. The highest BCUT2D eigenvalue weighted by Crippen LogP contribution is 2.00. The first-order chi connectivity index (χ1) is 5.20. The molecule has 1 amide bonds. The zero-order valence-electron chi connectivity index (χ0n) is 6.54. The van der Waals surface area contributed by atoms with E-state index in [0.717, 1.165) is 12.2 Å². The van der Waals surface area contributed by atoms with Gasteiger partial charge in [0.2, 0.25) is 0 Å². The normalized spacial score (nSPS) is 12.1. The molecule has 0 spiro atoms. The zero-order chi connectivity index (χ0) is 8.69. The molecule has 0 heterocycles. The monoisotopic (exact) mass is 175 g/mol. The van der Waals surface area contributed by atoms with Gasteiger partial charge in [-0.15, -0.1) is 6.58 Å². The molecule has 3 nitrogen and oxygen atoms in total. The van der Waals surface area contributed by atoms with Gasteiger partial charge in [-0.1, -0.05) is 6.08 Å². The minimum absolute atomic E-state index is 0.111. The van der Waals surface area contributed by atoms with Gasteiger partial charge in [-0.3, -0.25) is 0 Å². The van der Waals surface area contributed by atoms with Gasteiger partial charge in [-0.05, 0) is 18.4 Å². The third-order valence-electron chi connectivity index (χ3n) is 1.23. The maximum Gasteiger partial charge on any atom is 0.405 e. The maximum atomic E-state index is 10.2. The maximum absolute atomic E-state index is 10.2. The molecule has 1 unspecified atom stereocenters. The number of carboxylic acid groups (broad SMARTS) is 1. The highest BCUT2D eigenvalue weighted by Gasteiger charge is 2.05. The Bertz CT molecular complexity index is 138. The standard InChI is InChI=1S/C7H13NO2S/c1-3-6(4-5-11-2)8-7(9)10/h3,6,8H,1,4-5H2,2H3,(H,9,10). The van der Waals surface area contributed by atoms with Crippen LogP contribution < -0.4 is 5.32 Å². The van der Waals surface area contributed by atoms with Gasteiger partial charge in [0.15, 0.2) is 0 Å². The van der Waals surface area contributed by atoms with E-state index in [9.17, 15) is 4.79 Å². The fraction of sp³-hybridized carbons (Fsp3) is 0.571. The molecule has 0 saturated carbocycles. The lowest BCUT2D eigenvalue weighted by atomic mass is 10.2. The number of nitrogens with one attached hydrogen (secondary N) is 1. The third kappa shape index (κ3) is 5.79. The second kappa shape index (κ2) is 6.09. The van der Waals surface area contributed by atoms with Crippen LogP contribution in [0.15, 0.2) is 12.7 Å². The third-order valence-corrected chi connectivity index (χ3v) is 1.87. The molecule has 0 fully saturated rings. The first-order valence-corrected chi connectivity index (χ1v) is 4.71. The van der Waals surface area contributed by atoms with Crippen LogP contribution in [0.25, 0.3) is 0 Å². The number of rotatable bonds is 5. The Hall–Kier alpha value is -0.640. The van der Waals surface area contributed by atoms with Crippen molar-refractivity contribution in [3.63, 3.8) is 0 Å². The van der Waals surface area contributed by atoms with Crippen molar-refractivity contribution in [3.05, 3.63) is 12.7 Å². The highest BCUT2D eigenvalue weighted by molar-refractivity contribution is 7.98. The average Bonchev–Trinajstić information content (AvgIpc) is 1.97. The predicted molar refractivity (Wildman–Crippen MR) is 48.1 cm³/mol. The van der Waals surface area contributed by atoms with Crippen LogP contribution >= 0.6 is 11.8 Å². The zero-order valence-corrected chi connectivity index (χ0v) is 7.36. The van der Waals surface area contributed by atoms with Gasteiger partial charge < -0.3 is 10.4 Å². The molecule has 1 atom stereocenters. The van der Waals surface area contributed by atoms with Crippen LogP contribution in [-0.4, -0.2) is 29.3 Å². The SMILES string of the molecule is C=CC(CCSC)NC(=O)O. The van der Waals surface area contributed by atoms with E-state index in [1.54, 1.807) is 17.8 Å². The molecule has 64 valence electrons. The van der Waals surface area contributed by atoms with Gasteiger partial charge in [0, 0.05) is 0 Å². The van der Waals surface area contributed by atoms with Crippen molar-refractivity contribution in [2.75, 3.05) is 12.0 Å². The Balaban J connectivity index is 3.57. The van der Waals surface area contributed by atoms with E-state index in [2.05, 4.69) is 11.9 Å². The fourth-order valence-electron chi connectivity index (χ4n) is 0.652. The molecular formula is C7H13NO2S. The Morgan fingerprint density at radius 3 is 2.91 bits per heavy atom. The molecule has 0 bridgehead atoms. The molecule has 0 radical (unpaired) electrons. The molecule has 0 aromatic carbocycles. The van der Waals surface area contributed by atoms with E-state index in [-0.39, 0.29) is 6.04 Å². The molecular weight excluding hydrogens is 162 g/mol. The summed E-state index contributed by atoms with van der Waals surface area (Å²) in [6.45, 7) is 3.53. The second-order valence-corrected chi connectivity index (χ2v) is 3.06. The Kier molecular flexibility index (Phi) is 5.74. The summed E-state index contributed by atoms with van der Waals surface area (Å²) in [6, 6.07) is -0.111. The van der Waals surface area contributed by atoms with Gasteiger partial charge in [0.1, 0.15) is 0 Å². The van der Waals surface area contributed by atoms with Gasteiger partial charge in [0.25, 0.3) is 0 Å². The van der Waals surface area contributed by atoms with E-state index in [1.807, 2.05) is 6.26 Å². The fourth-order valence-corrected chi connectivity index (χ4v) is 1.14. The summed E-state index contributed by atoms with van der Waals surface area (Å²) in [5, 5.41) is 10.7. The van der Waals surface area contributed by atoms with E-state index in [0.29, 0.717) is 0 Å². The van der Waals surface area contributed by atoms with Gasteiger partial charge in [-0.25, -0.2) is 4.79 Å². The molecule has 0 saturated heterocycles. The largest absolute Gasteiger partial charge is 0.465 e. The number of carbonyl (C=O) groups is 1. The van der Waals surface area contributed by atoms with E-state index in [1.165, 1.54) is 0 Å². The average molecular weight is 175 g/mol. The Labute approximate surface area is 70.9 Å². The van der Waals surface area contributed by atoms with Gasteiger partial charge in [-0.2, -0.15) is 11.8 Å². The van der Waals surface area contributed by atoms with Crippen LogP contribution in [0.5, 0.6) is 0 Å². The predicted octanol–water partition coefficient (Wildman–Crippen LogP) is 1.56. The van der Waals surface area contributed by atoms with E-state index in [4.69, 9.17) is 5.11 Å². The lowest BCUT2D eigenvalue weighted by Gasteiger charge is -2.10. The molecule has 0 aliphatic rings. The minimum Gasteiger partial charge on any atom is -0.465 e. The van der Waals surface area contributed by atoms with Crippen molar-refractivity contribution < 1.29 is 9.90 Å². The van der Waals surface area contributed by atoms with Crippen LogP contribution in [0.3, 0.4) is 0 Å². The smallest absolute Gasteiger partial charge is 0.405 e. The topological polar surface area (TPSA) is 49.3 Å². The van der Waals surface area contributed by atoms with Crippen molar-refractivity contribution in [2.24, 2.45) is 0 Å². The van der Waals surface area contributed by atoms with Crippen molar-refractivity contribution in [2.45, 2.75) is 12.5 Å². The number of thioether (sulfide) groups is 1. The van der Waals surface area contributed by atoms with Gasteiger partial charge >= 0.3 is 6.09 Å². The first kappa shape index (κ1) is 10.4. The summed E-state index contributed by atoms with van der Waals surface area (Å²) < 4.78 is 0. The summed E-state index contributed by atoms with van der Waals surface area (Å²) in [5.74, 6) is 0.941. The second-order valence-electron chi connectivity index (χ2n) is 2.07. The van der Waals surface area contributed by atoms with Gasteiger partial charge in [0.05, 0.1) is 6.04 Å². The van der Waals surface area contributed by atoms with Crippen molar-refractivity contribution in [1.82, 2.24) is 5.32 Å². The van der Waals surface area contributed by atoms with E-state index >= 15 is 0 Å². The van der Waals surface area contributed by atoms with Crippen LogP contribution in [0.1, 0.15) is 6.42 Å². The Morgan fingerprint density at radius 1 is 1.91 bits per heavy atom. The summed E-state index contributed by atoms with van der Waals surface area (Å²) >= 11 is 1.69. The number of amides is 1. The van der Waals surface area contributed by atoms with Crippen molar-refractivity contribution in [1.29, 1.82) is 0 Å². The molecule has 0 rings (SSSR count). The molecule has 0 aromatic rings. The summed E-state index contributed by atoms with van der Waals surface area (Å²) in [6.07, 6.45) is 3.42. The molecule has 4 heteroatoms. The van der Waals surface area contributed by atoms with Crippen LogP contribution in [-0.2, 0) is 0 Å². The number of hydrogen-bond donors (Lipinski definition) is 2. The summed E-state index contributed by atoms with van der Waals surface area (Å²) in [5.41, 5.74) is 0. The lowest BCUT2D eigenvalue weighted by molar-refractivity contribution is 0.192. The van der Waals surface area contributed by atoms with Crippen LogP contribution in [0, 0.1) is 0 Å². The summed E-state index contributed by atoms with van der Waals surface area (Å²) in [7, 11) is 0. The first-order valence-electron chi connectivity index (χ1n) is 3.31. The lowest BCUT2D eigenvalue weighted by Crippen LogP contribution is -2.32. The quantitative estimate of drug-likeness (QED) is 0.623. The van der Waals surface area contributed by atoms with Crippen LogP contribution in [0.2, 0.25) is 0 Å². The van der Waals surface area contributed by atoms with Crippen LogP contribution in [0.4, 0.5) is 4.79 Å². The van der Waals surface area contributed by atoms with Crippen molar-refractivity contribution in [3.8, 4) is 0 Å². The number of hydrogen-bond acceptors (Lipinski definition) is 2. The highest BCUT2D eigenvalue weighted by atomic mass is 32.2.